The Morgan fingerprint density at radius 2 is 2.03 bits per heavy atom. The van der Waals surface area contributed by atoms with Gasteiger partial charge < -0.3 is 19.9 Å². The Kier molecular flexibility index (Phi) is 6.92. The summed E-state index contributed by atoms with van der Waals surface area (Å²) in [6.45, 7) is 3.25. The lowest BCUT2D eigenvalue weighted by Gasteiger charge is -2.28. The fraction of sp³-hybridized carbons (Fsp3) is 0.417. The Balaban J connectivity index is 1.58. The van der Waals surface area contributed by atoms with Crippen molar-refractivity contribution in [3.63, 3.8) is 0 Å². The van der Waals surface area contributed by atoms with Crippen LogP contribution in [0.1, 0.15) is 49.5 Å². The molecule has 4 rings (SSSR count). The second-order valence-corrected chi connectivity index (χ2v) is 9.06. The van der Waals surface area contributed by atoms with Crippen LogP contribution in [0.4, 0.5) is 4.79 Å². The van der Waals surface area contributed by atoms with Gasteiger partial charge in [-0.1, -0.05) is 25.3 Å². The number of H-pyrrole nitrogens is 1. The number of amides is 2. The number of thiophene rings is 1. The summed E-state index contributed by atoms with van der Waals surface area (Å²) in [6.07, 6.45) is 5.59. The molecule has 1 aliphatic carbocycles. The van der Waals surface area contributed by atoms with E-state index in [1.54, 1.807) is 16.2 Å². The number of carbonyl (C=O) groups is 1. The number of benzene rings is 1. The SMILES string of the molecule is CCOc1ccc2[nH]c(=O)c(CN(Cc3cccs3)C(=O)NC3CCCCC3)cc2c1. The summed E-state index contributed by atoms with van der Waals surface area (Å²) in [5.74, 6) is 0.762. The number of nitrogens with one attached hydrogen (secondary N) is 2. The number of aromatic amines is 1. The van der Waals surface area contributed by atoms with E-state index in [0.29, 0.717) is 18.7 Å². The summed E-state index contributed by atoms with van der Waals surface area (Å²) >= 11 is 1.62. The molecule has 3 aromatic rings. The zero-order valence-corrected chi connectivity index (χ0v) is 18.7. The maximum atomic E-state index is 13.1. The summed E-state index contributed by atoms with van der Waals surface area (Å²) in [7, 11) is 0. The number of nitrogens with zero attached hydrogens (tertiary/aromatic N) is 1. The molecular weight excluding hydrogens is 410 g/mol. The van der Waals surface area contributed by atoms with Crippen LogP contribution in [0.25, 0.3) is 10.9 Å². The van der Waals surface area contributed by atoms with Crippen LogP contribution in [0.15, 0.2) is 46.6 Å². The highest BCUT2D eigenvalue weighted by Crippen LogP contribution is 2.21. The van der Waals surface area contributed by atoms with Gasteiger partial charge in [-0.3, -0.25) is 4.79 Å². The van der Waals surface area contributed by atoms with Gasteiger partial charge in [-0.25, -0.2) is 4.79 Å². The summed E-state index contributed by atoms with van der Waals surface area (Å²) in [6, 6.07) is 11.6. The van der Waals surface area contributed by atoms with E-state index in [1.807, 2.05) is 48.7 Å². The smallest absolute Gasteiger partial charge is 0.318 e. The first kappa shape index (κ1) is 21.4. The van der Waals surface area contributed by atoms with E-state index in [2.05, 4.69) is 10.3 Å². The van der Waals surface area contributed by atoms with Crippen LogP contribution in [-0.2, 0) is 13.1 Å². The number of hydrogen-bond acceptors (Lipinski definition) is 4. The van der Waals surface area contributed by atoms with Crippen molar-refractivity contribution < 1.29 is 9.53 Å². The highest BCUT2D eigenvalue weighted by Gasteiger charge is 2.21. The molecule has 1 aromatic carbocycles. The van der Waals surface area contributed by atoms with E-state index in [1.165, 1.54) is 6.42 Å². The van der Waals surface area contributed by atoms with Gasteiger partial charge in [0.1, 0.15) is 5.75 Å². The molecule has 7 heteroatoms. The molecule has 0 aliphatic heterocycles. The van der Waals surface area contributed by atoms with Crippen molar-refractivity contribution in [2.24, 2.45) is 0 Å². The van der Waals surface area contributed by atoms with E-state index in [-0.39, 0.29) is 24.2 Å². The lowest BCUT2D eigenvalue weighted by molar-refractivity contribution is 0.185. The van der Waals surface area contributed by atoms with Crippen LogP contribution in [0.3, 0.4) is 0 Å². The van der Waals surface area contributed by atoms with E-state index in [9.17, 15) is 9.59 Å². The number of carbonyl (C=O) groups excluding carboxylic acids is 1. The minimum atomic E-state index is -0.168. The highest BCUT2D eigenvalue weighted by atomic mass is 32.1. The molecule has 2 heterocycles. The quantitative estimate of drug-likeness (QED) is 0.542. The number of aromatic nitrogens is 1. The lowest BCUT2D eigenvalue weighted by atomic mass is 9.96. The van der Waals surface area contributed by atoms with Gasteiger partial charge in [0.25, 0.3) is 5.56 Å². The fourth-order valence-electron chi connectivity index (χ4n) is 4.11. The number of urea groups is 1. The van der Waals surface area contributed by atoms with Crippen molar-refractivity contribution in [3.8, 4) is 5.75 Å². The van der Waals surface area contributed by atoms with E-state index >= 15 is 0 Å². The van der Waals surface area contributed by atoms with Crippen molar-refractivity contribution in [2.75, 3.05) is 6.61 Å². The molecular formula is C24H29N3O3S. The topological polar surface area (TPSA) is 74.4 Å². The number of pyridine rings is 1. The van der Waals surface area contributed by atoms with E-state index < -0.39 is 0 Å². The van der Waals surface area contributed by atoms with Crippen molar-refractivity contribution in [3.05, 3.63) is 62.6 Å². The first-order valence-corrected chi connectivity index (χ1v) is 11.9. The van der Waals surface area contributed by atoms with Gasteiger partial charge in [-0.2, -0.15) is 0 Å². The second-order valence-electron chi connectivity index (χ2n) is 8.03. The molecule has 1 saturated carbocycles. The van der Waals surface area contributed by atoms with Crippen LogP contribution in [-0.4, -0.2) is 28.6 Å². The molecule has 2 amide bonds. The third kappa shape index (κ3) is 5.47. The first-order chi connectivity index (χ1) is 15.1. The molecule has 0 atom stereocenters. The molecule has 31 heavy (non-hydrogen) atoms. The number of rotatable bonds is 7. The molecule has 6 nitrogen and oxygen atoms in total. The molecule has 1 fully saturated rings. The largest absolute Gasteiger partial charge is 0.494 e. The first-order valence-electron chi connectivity index (χ1n) is 11.0. The van der Waals surface area contributed by atoms with E-state index in [4.69, 9.17) is 4.74 Å². The predicted molar refractivity (Wildman–Crippen MR) is 125 cm³/mol. The van der Waals surface area contributed by atoms with Crippen molar-refractivity contribution in [2.45, 2.75) is 58.2 Å². The molecule has 0 radical (unpaired) electrons. The van der Waals surface area contributed by atoms with Crippen molar-refractivity contribution in [1.29, 1.82) is 0 Å². The number of hydrogen-bond donors (Lipinski definition) is 2. The molecule has 2 N–H and O–H groups in total. The third-order valence-corrected chi connectivity index (χ3v) is 6.57. The average Bonchev–Trinajstić information content (AvgIpc) is 3.28. The molecule has 0 spiro atoms. The molecule has 2 aromatic heterocycles. The summed E-state index contributed by atoms with van der Waals surface area (Å²) in [5.41, 5.74) is 1.16. The van der Waals surface area contributed by atoms with E-state index in [0.717, 1.165) is 47.2 Å². The third-order valence-electron chi connectivity index (χ3n) is 5.71. The highest BCUT2D eigenvalue weighted by molar-refractivity contribution is 7.09. The van der Waals surface area contributed by atoms with Gasteiger partial charge in [-0.15, -0.1) is 11.3 Å². The summed E-state index contributed by atoms with van der Waals surface area (Å²) < 4.78 is 5.59. The molecule has 164 valence electrons. The lowest BCUT2D eigenvalue weighted by Crippen LogP contribution is -2.45. The fourth-order valence-corrected chi connectivity index (χ4v) is 4.83. The van der Waals surface area contributed by atoms with Gasteiger partial charge in [-0.05, 0) is 55.5 Å². The maximum Gasteiger partial charge on any atom is 0.318 e. The van der Waals surface area contributed by atoms with Crippen LogP contribution < -0.4 is 15.6 Å². The Morgan fingerprint density at radius 1 is 1.19 bits per heavy atom. The predicted octanol–water partition coefficient (Wildman–Crippen LogP) is 5.03. The summed E-state index contributed by atoms with van der Waals surface area (Å²) in [5, 5.41) is 6.09. The van der Waals surface area contributed by atoms with Gasteiger partial charge in [0.2, 0.25) is 0 Å². The zero-order valence-electron chi connectivity index (χ0n) is 17.9. The van der Waals surface area contributed by atoms with Crippen LogP contribution >= 0.6 is 11.3 Å². The van der Waals surface area contributed by atoms with Gasteiger partial charge in [0.05, 0.1) is 19.7 Å². The van der Waals surface area contributed by atoms with Crippen LogP contribution in [0, 0.1) is 0 Å². The molecule has 1 aliphatic rings. The number of fused-ring (bicyclic) bond motifs is 1. The second kappa shape index (κ2) is 10.0. The Hall–Kier alpha value is -2.80. The molecule has 0 saturated heterocycles. The minimum absolute atomic E-state index is 0.108. The monoisotopic (exact) mass is 439 g/mol. The Labute approximate surface area is 186 Å². The van der Waals surface area contributed by atoms with Crippen molar-refractivity contribution in [1.82, 2.24) is 15.2 Å². The maximum absolute atomic E-state index is 13.1. The number of ether oxygens (including phenoxy) is 1. The van der Waals surface area contributed by atoms with Crippen LogP contribution in [0.5, 0.6) is 5.75 Å². The standard InChI is InChI=1S/C24H29N3O3S/c1-2-30-20-10-11-22-17(14-20)13-18(23(28)26-22)15-27(16-21-9-6-12-31-21)24(29)25-19-7-4-3-5-8-19/h6,9-14,19H,2-5,7-8,15-16H2,1H3,(H,25,29)(H,26,28). The Bertz CT molecular complexity index is 1070. The minimum Gasteiger partial charge on any atom is -0.494 e. The molecule has 0 bridgehead atoms. The van der Waals surface area contributed by atoms with Crippen molar-refractivity contribution >= 4 is 28.3 Å². The molecule has 0 unspecified atom stereocenters. The van der Waals surface area contributed by atoms with Gasteiger partial charge >= 0.3 is 6.03 Å². The van der Waals surface area contributed by atoms with Crippen LogP contribution in [0.2, 0.25) is 0 Å². The summed E-state index contributed by atoms with van der Waals surface area (Å²) in [4.78, 5) is 31.7. The normalized spacial score (nSPS) is 14.5. The average molecular weight is 440 g/mol. The van der Waals surface area contributed by atoms with Gasteiger partial charge in [0.15, 0.2) is 0 Å². The zero-order chi connectivity index (χ0) is 21.6. The Morgan fingerprint density at radius 3 is 2.77 bits per heavy atom. The van der Waals surface area contributed by atoms with Gasteiger partial charge in [0, 0.05) is 27.4 Å².